The van der Waals surface area contributed by atoms with Gasteiger partial charge >= 0.3 is 5.97 Å². The molecule has 0 fully saturated rings. The molecule has 0 aromatic heterocycles. The number of hydrogen-bond acceptors (Lipinski definition) is 3. The van der Waals surface area contributed by atoms with Crippen LogP contribution in [-0.4, -0.2) is 28.0 Å². The molecule has 0 spiro atoms. The lowest BCUT2D eigenvalue weighted by atomic mass is 10.1. The SMILES string of the molecule is O=C(O)CCS[C@H]1CCc2ccccc2NC1=O. The van der Waals surface area contributed by atoms with Crippen molar-refractivity contribution in [2.45, 2.75) is 24.5 Å². The van der Waals surface area contributed by atoms with E-state index in [2.05, 4.69) is 5.32 Å². The van der Waals surface area contributed by atoms with Crippen LogP contribution in [0.4, 0.5) is 5.69 Å². The number of fused-ring (bicyclic) bond motifs is 1. The van der Waals surface area contributed by atoms with Gasteiger partial charge in [0.25, 0.3) is 0 Å². The van der Waals surface area contributed by atoms with Gasteiger partial charge in [0.2, 0.25) is 5.91 Å². The summed E-state index contributed by atoms with van der Waals surface area (Å²) in [5, 5.41) is 11.3. The second-order valence-electron chi connectivity index (χ2n) is 4.19. The van der Waals surface area contributed by atoms with Crippen molar-refractivity contribution in [2.24, 2.45) is 0 Å². The molecule has 0 saturated heterocycles. The van der Waals surface area contributed by atoms with E-state index in [1.807, 2.05) is 24.3 Å². The van der Waals surface area contributed by atoms with Crippen molar-refractivity contribution in [3.05, 3.63) is 29.8 Å². The molecule has 0 unspecified atom stereocenters. The summed E-state index contributed by atoms with van der Waals surface area (Å²) < 4.78 is 0. The molecule has 0 aliphatic carbocycles. The van der Waals surface area contributed by atoms with E-state index >= 15 is 0 Å². The normalized spacial score (nSPS) is 18.7. The van der Waals surface area contributed by atoms with Crippen LogP contribution in [0.15, 0.2) is 24.3 Å². The lowest BCUT2D eigenvalue weighted by molar-refractivity contribution is -0.136. The molecule has 96 valence electrons. The third kappa shape index (κ3) is 3.26. The van der Waals surface area contributed by atoms with Crippen LogP contribution in [0.25, 0.3) is 0 Å². The number of carboxylic acid groups (broad SMARTS) is 1. The first-order chi connectivity index (χ1) is 8.66. The highest BCUT2D eigenvalue weighted by molar-refractivity contribution is 8.00. The fourth-order valence-electron chi connectivity index (χ4n) is 1.94. The standard InChI is InChI=1S/C13H15NO3S/c15-12(16)7-8-18-11-6-5-9-3-1-2-4-10(9)14-13(11)17/h1-4,11H,5-8H2,(H,14,17)(H,15,16)/t11-/m0/s1. The summed E-state index contributed by atoms with van der Waals surface area (Å²) in [4.78, 5) is 22.4. The van der Waals surface area contributed by atoms with Gasteiger partial charge in [-0.15, -0.1) is 11.8 Å². The Bertz CT molecular complexity index is 461. The molecule has 1 atom stereocenters. The Kier molecular flexibility index (Phi) is 4.25. The van der Waals surface area contributed by atoms with Gasteiger partial charge in [0, 0.05) is 11.4 Å². The first-order valence-corrected chi connectivity index (χ1v) is 6.94. The molecule has 0 saturated carbocycles. The minimum atomic E-state index is -0.820. The zero-order valence-corrected chi connectivity index (χ0v) is 10.7. The van der Waals surface area contributed by atoms with Crippen LogP contribution in [-0.2, 0) is 16.0 Å². The number of carboxylic acids is 1. The number of carbonyl (C=O) groups excluding carboxylic acids is 1. The molecule has 1 heterocycles. The molecule has 1 aliphatic heterocycles. The molecule has 5 heteroatoms. The molecule has 1 amide bonds. The van der Waals surface area contributed by atoms with Crippen molar-refractivity contribution >= 4 is 29.3 Å². The quantitative estimate of drug-likeness (QED) is 0.875. The smallest absolute Gasteiger partial charge is 0.304 e. The number of anilines is 1. The van der Waals surface area contributed by atoms with Gasteiger partial charge in [0.05, 0.1) is 11.7 Å². The molecule has 4 nitrogen and oxygen atoms in total. The van der Waals surface area contributed by atoms with E-state index in [9.17, 15) is 9.59 Å². The zero-order chi connectivity index (χ0) is 13.0. The molecule has 1 aromatic carbocycles. The van der Waals surface area contributed by atoms with Gasteiger partial charge in [-0.3, -0.25) is 9.59 Å². The summed E-state index contributed by atoms with van der Waals surface area (Å²) in [6.45, 7) is 0. The Morgan fingerprint density at radius 1 is 1.44 bits per heavy atom. The van der Waals surface area contributed by atoms with E-state index in [-0.39, 0.29) is 17.6 Å². The van der Waals surface area contributed by atoms with Crippen LogP contribution in [0.3, 0.4) is 0 Å². The molecular weight excluding hydrogens is 250 g/mol. The maximum absolute atomic E-state index is 12.0. The molecule has 18 heavy (non-hydrogen) atoms. The van der Waals surface area contributed by atoms with Gasteiger partial charge in [-0.05, 0) is 24.5 Å². The monoisotopic (exact) mass is 265 g/mol. The summed E-state index contributed by atoms with van der Waals surface area (Å²) >= 11 is 1.42. The van der Waals surface area contributed by atoms with E-state index in [0.29, 0.717) is 5.75 Å². The number of nitrogens with one attached hydrogen (secondary N) is 1. The third-order valence-electron chi connectivity index (χ3n) is 2.88. The maximum Gasteiger partial charge on any atom is 0.304 e. The van der Waals surface area contributed by atoms with Crippen molar-refractivity contribution in [3.63, 3.8) is 0 Å². The highest BCUT2D eigenvalue weighted by Crippen LogP contribution is 2.27. The van der Waals surface area contributed by atoms with E-state index in [1.54, 1.807) is 0 Å². The Morgan fingerprint density at radius 3 is 3.00 bits per heavy atom. The molecule has 0 radical (unpaired) electrons. The maximum atomic E-state index is 12.0. The second kappa shape index (κ2) is 5.91. The highest BCUT2D eigenvalue weighted by atomic mass is 32.2. The zero-order valence-electron chi connectivity index (χ0n) is 9.89. The van der Waals surface area contributed by atoms with E-state index < -0.39 is 5.97 Å². The lowest BCUT2D eigenvalue weighted by Gasteiger charge is -2.11. The predicted molar refractivity (Wildman–Crippen MR) is 71.9 cm³/mol. The van der Waals surface area contributed by atoms with Gasteiger partial charge in [0.15, 0.2) is 0 Å². The first kappa shape index (κ1) is 13.0. The van der Waals surface area contributed by atoms with Crippen LogP contribution in [0.2, 0.25) is 0 Å². The Hall–Kier alpha value is -1.49. The Labute approximate surface area is 110 Å². The topological polar surface area (TPSA) is 66.4 Å². The number of aliphatic carboxylic acids is 1. The molecule has 2 N–H and O–H groups in total. The summed E-state index contributed by atoms with van der Waals surface area (Å²) in [5.74, 6) is -0.362. The lowest BCUT2D eigenvalue weighted by Crippen LogP contribution is -2.24. The number of rotatable bonds is 4. The predicted octanol–water partition coefficient (Wildman–Crippen LogP) is 2.15. The summed E-state index contributed by atoms with van der Waals surface area (Å²) in [5.41, 5.74) is 2.02. The van der Waals surface area contributed by atoms with Crippen molar-refractivity contribution < 1.29 is 14.7 Å². The number of para-hydroxylation sites is 1. The van der Waals surface area contributed by atoms with Crippen molar-refractivity contribution in [2.75, 3.05) is 11.1 Å². The van der Waals surface area contributed by atoms with E-state index in [1.165, 1.54) is 11.8 Å². The van der Waals surface area contributed by atoms with Crippen molar-refractivity contribution in [1.29, 1.82) is 0 Å². The van der Waals surface area contributed by atoms with Crippen molar-refractivity contribution in [1.82, 2.24) is 0 Å². The number of hydrogen-bond donors (Lipinski definition) is 2. The van der Waals surface area contributed by atoms with Crippen LogP contribution in [0.1, 0.15) is 18.4 Å². The van der Waals surface area contributed by atoms with Gasteiger partial charge in [-0.1, -0.05) is 18.2 Å². The fourth-order valence-corrected chi connectivity index (χ4v) is 3.01. The van der Waals surface area contributed by atoms with Crippen LogP contribution >= 0.6 is 11.8 Å². The number of thioether (sulfide) groups is 1. The van der Waals surface area contributed by atoms with Gasteiger partial charge in [-0.25, -0.2) is 0 Å². The Balaban J connectivity index is 1.97. The average Bonchev–Trinajstić information content (AvgIpc) is 2.49. The van der Waals surface area contributed by atoms with Gasteiger partial charge < -0.3 is 10.4 Å². The molecule has 1 aromatic rings. The highest BCUT2D eigenvalue weighted by Gasteiger charge is 2.23. The third-order valence-corrected chi connectivity index (χ3v) is 4.17. The molecule has 1 aliphatic rings. The van der Waals surface area contributed by atoms with E-state index in [0.717, 1.165) is 24.1 Å². The number of benzene rings is 1. The average molecular weight is 265 g/mol. The second-order valence-corrected chi connectivity index (χ2v) is 5.50. The van der Waals surface area contributed by atoms with Crippen LogP contribution < -0.4 is 5.32 Å². The van der Waals surface area contributed by atoms with Gasteiger partial charge in [-0.2, -0.15) is 0 Å². The summed E-state index contributed by atoms with van der Waals surface area (Å²) in [6.07, 6.45) is 1.70. The number of carbonyl (C=O) groups is 2. The minimum absolute atomic E-state index is 0.0182. The largest absolute Gasteiger partial charge is 0.481 e. The fraction of sp³-hybridized carbons (Fsp3) is 0.385. The summed E-state index contributed by atoms with van der Waals surface area (Å²) in [7, 11) is 0. The molecular formula is C13H15NO3S. The summed E-state index contributed by atoms with van der Waals surface area (Å²) in [6, 6.07) is 7.78. The number of aryl methyl sites for hydroxylation is 1. The minimum Gasteiger partial charge on any atom is -0.481 e. The first-order valence-electron chi connectivity index (χ1n) is 5.89. The number of amides is 1. The van der Waals surface area contributed by atoms with Crippen molar-refractivity contribution in [3.8, 4) is 0 Å². The van der Waals surface area contributed by atoms with Crippen LogP contribution in [0, 0.1) is 0 Å². The molecule has 0 bridgehead atoms. The van der Waals surface area contributed by atoms with E-state index in [4.69, 9.17) is 5.11 Å². The van der Waals surface area contributed by atoms with Gasteiger partial charge in [0.1, 0.15) is 0 Å². The van der Waals surface area contributed by atoms with Crippen LogP contribution in [0.5, 0.6) is 0 Å². The Morgan fingerprint density at radius 2 is 2.22 bits per heavy atom. The molecule has 2 rings (SSSR count).